The lowest BCUT2D eigenvalue weighted by atomic mass is 10.0. The van der Waals surface area contributed by atoms with Gasteiger partial charge in [-0.05, 0) is 54.5 Å². The van der Waals surface area contributed by atoms with Gasteiger partial charge in [-0.2, -0.15) is 4.31 Å². The third-order valence-electron chi connectivity index (χ3n) is 4.57. The van der Waals surface area contributed by atoms with Gasteiger partial charge in [-0.25, -0.2) is 12.8 Å². The highest BCUT2D eigenvalue weighted by molar-refractivity contribution is 7.89. The predicted octanol–water partition coefficient (Wildman–Crippen LogP) is 3.83. The highest BCUT2D eigenvalue weighted by Crippen LogP contribution is 2.30. The molecule has 1 fully saturated rings. The summed E-state index contributed by atoms with van der Waals surface area (Å²) in [5, 5.41) is 1.90. The van der Waals surface area contributed by atoms with E-state index in [1.54, 1.807) is 16.4 Å². The molecule has 1 aliphatic rings. The number of thiophene rings is 1. The molecule has 0 saturated carbocycles. The zero-order chi connectivity index (χ0) is 17.4. The fourth-order valence-corrected chi connectivity index (χ4v) is 5.89. The first-order valence-corrected chi connectivity index (χ1v) is 10.5. The van der Waals surface area contributed by atoms with E-state index < -0.39 is 10.0 Å². The number of pyridine rings is 1. The number of aromatic nitrogens is 1. The van der Waals surface area contributed by atoms with Crippen LogP contribution in [0, 0.1) is 5.82 Å². The topological polar surface area (TPSA) is 50.3 Å². The maximum Gasteiger partial charge on any atom is 0.244 e. The fraction of sp³-hybridized carbons (Fsp3) is 0.278. The van der Waals surface area contributed by atoms with Crippen LogP contribution in [0.2, 0.25) is 0 Å². The van der Waals surface area contributed by atoms with E-state index in [0.717, 1.165) is 28.6 Å². The van der Waals surface area contributed by atoms with E-state index in [4.69, 9.17) is 0 Å². The summed E-state index contributed by atoms with van der Waals surface area (Å²) in [6, 6.07) is 9.79. The Balaban J connectivity index is 1.63. The fourth-order valence-electron chi connectivity index (χ4n) is 3.37. The molecule has 4 rings (SSSR count). The standard InChI is InChI=1S/C18H17FN2O2S2/c19-14-4-1-3-13(9-14)10-15-5-2-7-21(15)25(22,23)16-11-18-17(20-12-16)6-8-24-18/h1,3-4,6,8-9,11-12,15H,2,5,7,10H2. The number of nitrogens with zero attached hydrogens (tertiary/aromatic N) is 2. The Labute approximate surface area is 150 Å². The van der Waals surface area contributed by atoms with Crippen LogP contribution in [0.1, 0.15) is 18.4 Å². The quantitative estimate of drug-likeness (QED) is 0.695. The summed E-state index contributed by atoms with van der Waals surface area (Å²) in [5.74, 6) is -0.294. The van der Waals surface area contributed by atoms with Crippen molar-refractivity contribution in [1.29, 1.82) is 0 Å². The minimum absolute atomic E-state index is 0.147. The lowest BCUT2D eigenvalue weighted by Crippen LogP contribution is -2.36. The maximum absolute atomic E-state index is 13.4. The molecule has 3 heterocycles. The summed E-state index contributed by atoms with van der Waals surface area (Å²) in [4.78, 5) is 4.48. The molecular weight excluding hydrogens is 359 g/mol. The van der Waals surface area contributed by atoms with Crippen LogP contribution in [0.4, 0.5) is 4.39 Å². The number of sulfonamides is 1. The Morgan fingerprint density at radius 1 is 1.28 bits per heavy atom. The van der Waals surface area contributed by atoms with Crippen LogP contribution in [0.5, 0.6) is 0 Å². The van der Waals surface area contributed by atoms with Gasteiger partial charge in [0.05, 0.1) is 10.2 Å². The molecule has 3 aromatic rings. The second-order valence-corrected chi connectivity index (χ2v) is 9.06. The van der Waals surface area contributed by atoms with E-state index in [1.807, 2.05) is 17.5 Å². The van der Waals surface area contributed by atoms with Gasteiger partial charge in [0.1, 0.15) is 10.7 Å². The van der Waals surface area contributed by atoms with Gasteiger partial charge in [-0.1, -0.05) is 12.1 Å². The van der Waals surface area contributed by atoms with Gasteiger partial charge in [0.15, 0.2) is 0 Å². The summed E-state index contributed by atoms with van der Waals surface area (Å²) in [6.07, 6.45) is 3.55. The van der Waals surface area contributed by atoms with E-state index >= 15 is 0 Å². The summed E-state index contributed by atoms with van der Waals surface area (Å²) in [5.41, 5.74) is 1.63. The van der Waals surface area contributed by atoms with Crippen molar-refractivity contribution >= 4 is 31.6 Å². The van der Waals surface area contributed by atoms with E-state index in [0.29, 0.717) is 13.0 Å². The van der Waals surface area contributed by atoms with Crippen LogP contribution in [0.25, 0.3) is 10.2 Å². The minimum Gasteiger partial charge on any atom is -0.254 e. The molecule has 0 radical (unpaired) electrons. The molecule has 4 nitrogen and oxygen atoms in total. The SMILES string of the molecule is O=S(=O)(c1cnc2ccsc2c1)N1CCCC1Cc1cccc(F)c1. The molecule has 1 saturated heterocycles. The average molecular weight is 376 g/mol. The highest BCUT2D eigenvalue weighted by Gasteiger charge is 2.35. The molecule has 1 aliphatic heterocycles. The van der Waals surface area contributed by atoms with Crippen LogP contribution in [0.15, 0.2) is 52.9 Å². The molecule has 1 aromatic carbocycles. The van der Waals surface area contributed by atoms with Gasteiger partial charge in [-0.15, -0.1) is 11.3 Å². The average Bonchev–Trinajstić information content (AvgIpc) is 3.23. The molecular formula is C18H17FN2O2S2. The molecule has 7 heteroatoms. The molecule has 0 spiro atoms. The van der Waals surface area contributed by atoms with Crippen molar-refractivity contribution < 1.29 is 12.8 Å². The second-order valence-electron chi connectivity index (χ2n) is 6.22. The number of hydrogen-bond donors (Lipinski definition) is 0. The monoisotopic (exact) mass is 376 g/mol. The van der Waals surface area contributed by atoms with Gasteiger partial charge in [0, 0.05) is 18.8 Å². The van der Waals surface area contributed by atoms with E-state index in [-0.39, 0.29) is 16.8 Å². The molecule has 0 bridgehead atoms. The second kappa shape index (κ2) is 6.48. The van der Waals surface area contributed by atoms with Crippen LogP contribution in [-0.4, -0.2) is 30.3 Å². The number of fused-ring (bicyclic) bond motifs is 1. The first-order chi connectivity index (χ1) is 12.0. The van der Waals surface area contributed by atoms with Gasteiger partial charge < -0.3 is 0 Å². The van der Waals surface area contributed by atoms with Gasteiger partial charge in [-0.3, -0.25) is 4.98 Å². The predicted molar refractivity (Wildman–Crippen MR) is 96.6 cm³/mol. The maximum atomic E-state index is 13.4. The third-order valence-corrected chi connectivity index (χ3v) is 7.34. The number of rotatable bonds is 4. The molecule has 0 aliphatic carbocycles. The van der Waals surface area contributed by atoms with Crippen LogP contribution in [0.3, 0.4) is 0 Å². The van der Waals surface area contributed by atoms with Gasteiger partial charge >= 0.3 is 0 Å². The molecule has 0 amide bonds. The Bertz CT molecular complexity index is 1020. The number of benzene rings is 1. The van der Waals surface area contributed by atoms with Crippen molar-refractivity contribution in [3.8, 4) is 0 Å². The molecule has 0 N–H and O–H groups in total. The summed E-state index contributed by atoms with van der Waals surface area (Å²) in [6.45, 7) is 0.491. The van der Waals surface area contributed by atoms with Crippen molar-refractivity contribution in [2.45, 2.75) is 30.2 Å². The molecule has 2 aromatic heterocycles. The number of hydrogen-bond acceptors (Lipinski definition) is 4. The van der Waals surface area contributed by atoms with E-state index in [1.165, 1.54) is 29.7 Å². The smallest absolute Gasteiger partial charge is 0.244 e. The lowest BCUT2D eigenvalue weighted by molar-refractivity contribution is 0.385. The Morgan fingerprint density at radius 2 is 2.16 bits per heavy atom. The van der Waals surface area contributed by atoms with Gasteiger partial charge in [0.2, 0.25) is 10.0 Å². The molecule has 1 unspecified atom stereocenters. The zero-order valence-electron chi connectivity index (χ0n) is 13.4. The zero-order valence-corrected chi connectivity index (χ0v) is 15.1. The Morgan fingerprint density at radius 3 is 3.00 bits per heavy atom. The highest BCUT2D eigenvalue weighted by atomic mass is 32.2. The van der Waals surface area contributed by atoms with Crippen molar-refractivity contribution in [3.63, 3.8) is 0 Å². The molecule has 25 heavy (non-hydrogen) atoms. The molecule has 1 atom stereocenters. The molecule has 130 valence electrons. The number of halogens is 1. The van der Waals surface area contributed by atoms with Crippen molar-refractivity contribution in [3.05, 3.63) is 59.4 Å². The summed E-state index contributed by atoms with van der Waals surface area (Å²) >= 11 is 1.48. The van der Waals surface area contributed by atoms with Crippen molar-refractivity contribution in [2.24, 2.45) is 0 Å². The normalized spacial score (nSPS) is 18.8. The van der Waals surface area contributed by atoms with E-state index in [2.05, 4.69) is 4.98 Å². The van der Waals surface area contributed by atoms with Crippen molar-refractivity contribution in [2.75, 3.05) is 6.54 Å². The van der Waals surface area contributed by atoms with E-state index in [9.17, 15) is 12.8 Å². The summed E-state index contributed by atoms with van der Waals surface area (Å²) in [7, 11) is -3.60. The first kappa shape index (κ1) is 16.6. The minimum atomic E-state index is -3.60. The van der Waals surface area contributed by atoms with Crippen molar-refractivity contribution in [1.82, 2.24) is 9.29 Å². The largest absolute Gasteiger partial charge is 0.254 e. The van der Waals surface area contributed by atoms with Crippen LogP contribution < -0.4 is 0 Å². The first-order valence-electron chi connectivity index (χ1n) is 8.13. The Kier molecular flexibility index (Phi) is 4.31. The van der Waals surface area contributed by atoms with Gasteiger partial charge in [0.25, 0.3) is 0 Å². The Hall–Kier alpha value is -1.83. The summed E-state index contributed by atoms with van der Waals surface area (Å²) < 4.78 is 42.0. The van der Waals surface area contributed by atoms with Crippen LogP contribution in [-0.2, 0) is 16.4 Å². The lowest BCUT2D eigenvalue weighted by Gasteiger charge is -2.24. The van der Waals surface area contributed by atoms with Crippen LogP contribution >= 0.6 is 11.3 Å². The third kappa shape index (κ3) is 3.19.